The van der Waals surface area contributed by atoms with Crippen LogP contribution in [0, 0.1) is 5.92 Å². The maximum atomic E-state index is 13.1. The Morgan fingerprint density at radius 2 is 1.84 bits per heavy atom. The first-order valence-corrected chi connectivity index (χ1v) is 6.04. The Kier molecular flexibility index (Phi) is 4.01. The molecule has 1 fully saturated rings. The number of ketones is 1. The summed E-state index contributed by atoms with van der Waals surface area (Å²) in [4.78, 5) is 23.3. The molecule has 19 heavy (non-hydrogen) atoms. The minimum Gasteiger partial charge on any atom is -0.372 e. The lowest BCUT2D eigenvalue weighted by Gasteiger charge is -2.35. The maximum Gasteiger partial charge on any atom is 0.427 e. The molecular weight excluding hydrogens is 263 g/mol. The summed E-state index contributed by atoms with van der Waals surface area (Å²) in [5.74, 6) is -3.99. The topological polar surface area (TPSA) is 66.4 Å². The third kappa shape index (κ3) is 3.08. The summed E-state index contributed by atoms with van der Waals surface area (Å²) in [6, 6.07) is 0. The van der Waals surface area contributed by atoms with Crippen LogP contribution < -0.4 is 5.32 Å². The highest BCUT2D eigenvalue weighted by Gasteiger charge is 2.66. The number of rotatable bonds is 2. The van der Waals surface area contributed by atoms with Crippen LogP contribution in [-0.2, 0) is 9.59 Å². The number of carbonyl (C=O) groups excluding carboxylic acids is 2. The third-order valence-corrected chi connectivity index (χ3v) is 3.08. The van der Waals surface area contributed by atoms with Crippen LogP contribution in [0.3, 0.4) is 0 Å². The van der Waals surface area contributed by atoms with Gasteiger partial charge in [-0.1, -0.05) is 0 Å². The minimum absolute atomic E-state index is 0.0359. The molecule has 0 saturated heterocycles. The van der Waals surface area contributed by atoms with Crippen molar-refractivity contribution in [1.29, 1.82) is 0 Å². The molecule has 0 bridgehead atoms. The summed E-state index contributed by atoms with van der Waals surface area (Å²) < 4.78 is 39.3. The molecule has 1 rings (SSSR count). The zero-order chi connectivity index (χ0) is 15.1. The van der Waals surface area contributed by atoms with Crippen LogP contribution in [0.5, 0.6) is 0 Å². The van der Waals surface area contributed by atoms with Gasteiger partial charge in [0.15, 0.2) is 0 Å². The molecule has 0 aromatic carbocycles. The highest BCUT2D eigenvalue weighted by Crippen LogP contribution is 2.42. The van der Waals surface area contributed by atoms with Gasteiger partial charge in [0.1, 0.15) is 5.78 Å². The number of hydrogen-bond donors (Lipinski definition) is 2. The molecule has 0 aromatic heterocycles. The summed E-state index contributed by atoms with van der Waals surface area (Å²) in [5.41, 5.74) is -4.58. The first kappa shape index (κ1) is 15.9. The molecule has 0 heterocycles. The van der Waals surface area contributed by atoms with E-state index < -0.39 is 34.9 Å². The van der Waals surface area contributed by atoms with E-state index in [-0.39, 0.29) is 19.3 Å². The van der Waals surface area contributed by atoms with Crippen molar-refractivity contribution in [3.8, 4) is 0 Å². The second-order valence-electron chi connectivity index (χ2n) is 5.88. The lowest BCUT2D eigenvalue weighted by Crippen LogP contribution is -2.64. The molecule has 2 unspecified atom stereocenters. The van der Waals surface area contributed by atoms with Gasteiger partial charge in [-0.3, -0.25) is 9.59 Å². The van der Waals surface area contributed by atoms with Crippen molar-refractivity contribution in [2.45, 2.75) is 57.3 Å². The maximum absolute atomic E-state index is 13.1. The molecular formula is C12H18F3NO3. The highest BCUT2D eigenvalue weighted by molar-refractivity contribution is 5.95. The lowest BCUT2D eigenvalue weighted by molar-refractivity contribution is -0.265. The number of aliphatic hydroxyl groups is 1. The van der Waals surface area contributed by atoms with E-state index in [1.54, 1.807) is 0 Å². The van der Waals surface area contributed by atoms with Gasteiger partial charge in [-0.05, 0) is 33.6 Å². The molecule has 1 saturated carbocycles. The Balaban J connectivity index is 3.14. The molecule has 1 amide bonds. The van der Waals surface area contributed by atoms with Gasteiger partial charge in [0.2, 0.25) is 5.60 Å². The van der Waals surface area contributed by atoms with E-state index in [1.165, 1.54) is 20.8 Å². The second kappa shape index (κ2) is 4.77. The molecule has 110 valence electrons. The molecule has 2 atom stereocenters. The van der Waals surface area contributed by atoms with E-state index in [0.717, 1.165) is 0 Å². The first-order chi connectivity index (χ1) is 8.39. The molecule has 0 radical (unpaired) electrons. The largest absolute Gasteiger partial charge is 0.427 e. The van der Waals surface area contributed by atoms with Gasteiger partial charge in [0.25, 0.3) is 5.91 Å². The van der Waals surface area contributed by atoms with Gasteiger partial charge in [0.05, 0.1) is 5.92 Å². The van der Waals surface area contributed by atoms with Gasteiger partial charge >= 0.3 is 6.18 Å². The predicted molar refractivity (Wildman–Crippen MR) is 61.2 cm³/mol. The van der Waals surface area contributed by atoms with Crippen LogP contribution >= 0.6 is 0 Å². The Bertz CT molecular complexity index is 387. The standard InChI is InChI=1S/C12H18F3NO3/c1-10(2,3)16-9(18)11(19,12(13,14)15)7-5-4-6-8(7)17/h7,19H,4-6H2,1-3H3,(H,16,18). The van der Waals surface area contributed by atoms with E-state index in [9.17, 15) is 27.9 Å². The van der Waals surface area contributed by atoms with Crippen LogP contribution in [0.1, 0.15) is 40.0 Å². The fourth-order valence-electron chi connectivity index (χ4n) is 2.18. The Morgan fingerprint density at radius 3 is 2.16 bits per heavy atom. The summed E-state index contributed by atoms with van der Waals surface area (Å²) in [7, 11) is 0. The highest BCUT2D eigenvalue weighted by atomic mass is 19.4. The molecule has 0 aliphatic heterocycles. The van der Waals surface area contributed by atoms with Crippen LogP contribution in [-0.4, -0.2) is 34.1 Å². The zero-order valence-electron chi connectivity index (χ0n) is 11.1. The van der Waals surface area contributed by atoms with Gasteiger partial charge in [-0.2, -0.15) is 13.2 Å². The van der Waals surface area contributed by atoms with Crippen molar-refractivity contribution in [3.63, 3.8) is 0 Å². The molecule has 2 N–H and O–H groups in total. The first-order valence-electron chi connectivity index (χ1n) is 6.04. The fraction of sp³-hybridized carbons (Fsp3) is 0.833. The average Bonchev–Trinajstić information content (AvgIpc) is 2.58. The van der Waals surface area contributed by atoms with E-state index in [1.807, 2.05) is 0 Å². The van der Waals surface area contributed by atoms with E-state index >= 15 is 0 Å². The van der Waals surface area contributed by atoms with Crippen molar-refractivity contribution >= 4 is 11.7 Å². The number of carbonyl (C=O) groups is 2. The summed E-state index contributed by atoms with van der Waals surface area (Å²) in [6.07, 6.45) is -5.10. The predicted octanol–water partition coefficient (Wildman–Crippen LogP) is 1.56. The third-order valence-electron chi connectivity index (χ3n) is 3.08. The van der Waals surface area contributed by atoms with Crippen LogP contribution in [0.25, 0.3) is 0 Å². The van der Waals surface area contributed by atoms with Crippen molar-refractivity contribution in [2.75, 3.05) is 0 Å². The van der Waals surface area contributed by atoms with Crippen LogP contribution in [0.2, 0.25) is 0 Å². The molecule has 4 nitrogen and oxygen atoms in total. The zero-order valence-corrected chi connectivity index (χ0v) is 11.1. The number of hydrogen-bond acceptors (Lipinski definition) is 3. The number of amides is 1. The molecule has 1 aliphatic rings. The number of halogens is 3. The fourth-order valence-corrected chi connectivity index (χ4v) is 2.18. The number of Topliss-reactive ketones (excluding diaryl/α,β-unsaturated/α-hetero) is 1. The quantitative estimate of drug-likeness (QED) is 0.807. The van der Waals surface area contributed by atoms with Gasteiger partial charge in [-0.25, -0.2) is 0 Å². The van der Waals surface area contributed by atoms with Crippen molar-refractivity contribution in [3.05, 3.63) is 0 Å². The van der Waals surface area contributed by atoms with Gasteiger partial charge in [-0.15, -0.1) is 0 Å². The Morgan fingerprint density at radius 1 is 1.32 bits per heavy atom. The lowest BCUT2D eigenvalue weighted by atomic mass is 9.83. The SMILES string of the molecule is CC(C)(C)NC(=O)C(O)(C1CCCC1=O)C(F)(F)F. The van der Waals surface area contributed by atoms with Gasteiger partial charge < -0.3 is 10.4 Å². The van der Waals surface area contributed by atoms with E-state index in [0.29, 0.717) is 0 Å². The van der Waals surface area contributed by atoms with Crippen molar-refractivity contribution in [2.24, 2.45) is 5.92 Å². The van der Waals surface area contributed by atoms with E-state index in [2.05, 4.69) is 5.32 Å². The number of alkyl halides is 3. The second-order valence-corrected chi connectivity index (χ2v) is 5.88. The van der Waals surface area contributed by atoms with Crippen LogP contribution in [0.15, 0.2) is 0 Å². The molecule has 0 aromatic rings. The van der Waals surface area contributed by atoms with Crippen LogP contribution in [0.4, 0.5) is 13.2 Å². The monoisotopic (exact) mass is 281 g/mol. The Hall–Kier alpha value is -1.11. The average molecular weight is 281 g/mol. The van der Waals surface area contributed by atoms with Crippen molar-refractivity contribution < 1.29 is 27.9 Å². The number of nitrogens with one attached hydrogen (secondary N) is 1. The van der Waals surface area contributed by atoms with Gasteiger partial charge in [0, 0.05) is 12.0 Å². The molecule has 1 aliphatic carbocycles. The summed E-state index contributed by atoms with van der Waals surface area (Å²) >= 11 is 0. The smallest absolute Gasteiger partial charge is 0.372 e. The van der Waals surface area contributed by atoms with Crippen molar-refractivity contribution in [1.82, 2.24) is 5.32 Å². The normalized spacial score (nSPS) is 24.2. The molecule has 0 spiro atoms. The summed E-state index contributed by atoms with van der Waals surface area (Å²) in [6.45, 7) is 4.49. The van der Waals surface area contributed by atoms with E-state index in [4.69, 9.17) is 0 Å². The Labute approximate surface area is 109 Å². The summed E-state index contributed by atoms with van der Waals surface area (Å²) in [5, 5.41) is 12.0. The minimum atomic E-state index is -5.19. The molecule has 7 heteroatoms.